The number of likely N-dealkylation sites (tertiary alicyclic amines) is 1. The number of nitrogens with zero attached hydrogens (tertiary/aromatic N) is 2. The maximum absolute atomic E-state index is 13.1. The summed E-state index contributed by atoms with van der Waals surface area (Å²) in [4.78, 5) is 30.6. The maximum atomic E-state index is 13.1. The number of aromatic nitrogens is 1. The number of benzene rings is 1. The van der Waals surface area contributed by atoms with E-state index in [0.717, 1.165) is 10.9 Å². The highest BCUT2D eigenvalue weighted by molar-refractivity contribution is 6.06. The number of fused-ring (bicyclic) bond motifs is 1. The molecule has 2 fully saturated rings. The molecule has 3 heterocycles. The summed E-state index contributed by atoms with van der Waals surface area (Å²) < 4.78 is 11.0. The number of morpholine rings is 1. The molecule has 1 aromatic carbocycles. The molecule has 1 unspecified atom stereocenters. The number of rotatable bonds is 2. The number of carbonyl (C=O) groups is 2. The molecule has 1 atom stereocenters. The molecule has 1 spiro atoms. The van der Waals surface area contributed by atoms with E-state index in [1.807, 2.05) is 24.3 Å². The molecule has 130 valence electrons. The third-order valence-corrected chi connectivity index (χ3v) is 4.85. The van der Waals surface area contributed by atoms with Gasteiger partial charge in [0.15, 0.2) is 0 Å². The molecule has 7 nitrogen and oxygen atoms in total. The number of ether oxygens (including phenoxy) is 2. The summed E-state index contributed by atoms with van der Waals surface area (Å²) in [7, 11) is 1.54. The third-order valence-electron chi connectivity index (χ3n) is 4.85. The van der Waals surface area contributed by atoms with Gasteiger partial charge >= 0.3 is 0 Å². The van der Waals surface area contributed by atoms with Gasteiger partial charge in [-0.2, -0.15) is 0 Å². The van der Waals surface area contributed by atoms with Gasteiger partial charge in [-0.3, -0.25) is 9.59 Å². The van der Waals surface area contributed by atoms with Gasteiger partial charge in [0, 0.05) is 24.5 Å². The Morgan fingerprint density at radius 3 is 3.00 bits per heavy atom. The monoisotopic (exact) mass is 341 g/mol. The number of para-hydroxylation sites is 1. The Bertz CT molecular complexity index is 841. The Morgan fingerprint density at radius 1 is 1.40 bits per heavy atom. The van der Waals surface area contributed by atoms with Crippen molar-refractivity contribution >= 4 is 22.7 Å². The summed E-state index contributed by atoms with van der Waals surface area (Å²) in [6, 6.07) is 9.20. The van der Waals surface area contributed by atoms with Crippen molar-refractivity contribution < 1.29 is 19.1 Å². The summed E-state index contributed by atoms with van der Waals surface area (Å²) in [5, 5.41) is 3.63. The average Bonchev–Trinajstić information content (AvgIpc) is 3.07. The first-order chi connectivity index (χ1) is 12.1. The van der Waals surface area contributed by atoms with Gasteiger partial charge in [0.2, 0.25) is 11.8 Å². The van der Waals surface area contributed by atoms with Gasteiger partial charge < -0.3 is 19.7 Å². The molecular formula is C18H19N3O4. The van der Waals surface area contributed by atoms with E-state index in [9.17, 15) is 9.59 Å². The third kappa shape index (κ3) is 2.80. The lowest BCUT2D eigenvalue weighted by molar-refractivity contribution is -0.141. The first kappa shape index (κ1) is 15.8. The van der Waals surface area contributed by atoms with Crippen LogP contribution < -0.4 is 10.1 Å². The molecular weight excluding hydrogens is 322 g/mol. The molecule has 2 saturated heterocycles. The number of nitrogens with one attached hydrogen (secondary N) is 1. The summed E-state index contributed by atoms with van der Waals surface area (Å²) in [5.74, 6) is 0.228. The second-order valence-electron chi connectivity index (χ2n) is 6.45. The summed E-state index contributed by atoms with van der Waals surface area (Å²) in [5.41, 5.74) is 0.816. The zero-order chi connectivity index (χ0) is 17.4. The summed E-state index contributed by atoms with van der Waals surface area (Å²) in [6.07, 6.45) is 0.708. The molecule has 4 rings (SSSR count). The first-order valence-electron chi connectivity index (χ1n) is 8.24. The molecule has 7 heteroatoms. The Balaban J connectivity index is 1.63. The predicted molar refractivity (Wildman–Crippen MR) is 90.5 cm³/mol. The zero-order valence-corrected chi connectivity index (χ0v) is 13.9. The van der Waals surface area contributed by atoms with Crippen LogP contribution in [0.5, 0.6) is 5.88 Å². The van der Waals surface area contributed by atoms with E-state index >= 15 is 0 Å². The Morgan fingerprint density at radius 2 is 2.24 bits per heavy atom. The topological polar surface area (TPSA) is 80.8 Å². The number of hydrogen-bond donors (Lipinski definition) is 1. The van der Waals surface area contributed by atoms with E-state index in [1.165, 1.54) is 7.11 Å². The van der Waals surface area contributed by atoms with E-state index in [2.05, 4.69) is 10.3 Å². The van der Waals surface area contributed by atoms with Crippen molar-refractivity contribution in [3.8, 4) is 5.88 Å². The van der Waals surface area contributed by atoms with Gasteiger partial charge in [-0.1, -0.05) is 18.2 Å². The van der Waals surface area contributed by atoms with Crippen LogP contribution in [0.2, 0.25) is 0 Å². The molecule has 0 saturated carbocycles. The SMILES string of the molecule is COc1cc(C(=O)N2CCC3(CNC(=O)CO3)C2)c2ccccc2n1. The zero-order valence-electron chi connectivity index (χ0n) is 13.9. The van der Waals surface area contributed by atoms with Crippen molar-refractivity contribution in [2.75, 3.05) is 33.4 Å². The van der Waals surface area contributed by atoms with E-state index in [0.29, 0.717) is 37.5 Å². The number of pyridine rings is 1. The fraction of sp³-hybridized carbons (Fsp3) is 0.389. The molecule has 0 bridgehead atoms. The molecule has 1 aromatic heterocycles. The molecule has 2 amide bonds. The van der Waals surface area contributed by atoms with E-state index in [1.54, 1.807) is 11.0 Å². The molecule has 2 aromatic rings. The van der Waals surface area contributed by atoms with Crippen LogP contribution in [0, 0.1) is 0 Å². The van der Waals surface area contributed by atoms with Crippen LogP contribution in [0.3, 0.4) is 0 Å². The first-order valence-corrected chi connectivity index (χ1v) is 8.24. The van der Waals surface area contributed by atoms with Crippen molar-refractivity contribution in [3.63, 3.8) is 0 Å². The lowest BCUT2D eigenvalue weighted by atomic mass is 10.0. The van der Waals surface area contributed by atoms with Crippen LogP contribution in [-0.2, 0) is 9.53 Å². The van der Waals surface area contributed by atoms with E-state index < -0.39 is 5.60 Å². The highest BCUT2D eigenvalue weighted by atomic mass is 16.5. The van der Waals surface area contributed by atoms with E-state index in [4.69, 9.17) is 9.47 Å². The fourth-order valence-electron chi connectivity index (χ4n) is 3.46. The molecule has 25 heavy (non-hydrogen) atoms. The Labute approximate surface area is 144 Å². The fourth-order valence-corrected chi connectivity index (χ4v) is 3.46. The van der Waals surface area contributed by atoms with Gasteiger partial charge in [0.25, 0.3) is 5.91 Å². The number of methoxy groups -OCH3 is 1. The maximum Gasteiger partial charge on any atom is 0.254 e. The minimum Gasteiger partial charge on any atom is -0.481 e. The molecule has 2 aliphatic rings. The van der Waals surface area contributed by atoms with Gasteiger partial charge in [0.1, 0.15) is 12.2 Å². The van der Waals surface area contributed by atoms with Crippen molar-refractivity contribution in [2.45, 2.75) is 12.0 Å². The van der Waals surface area contributed by atoms with Crippen molar-refractivity contribution in [1.29, 1.82) is 0 Å². The van der Waals surface area contributed by atoms with Crippen LogP contribution in [0.25, 0.3) is 10.9 Å². The van der Waals surface area contributed by atoms with Gasteiger partial charge in [-0.05, 0) is 12.5 Å². The van der Waals surface area contributed by atoms with Crippen molar-refractivity contribution in [1.82, 2.24) is 15.2 Å². The molecule has 2 aliphatic heterocycles. The number of carbonyl (C=O) groups excluding carboxylic acids is 2. The summed E-state index contributed by atoms with van der Waals surface area (Å²) >= 11 is 0. The predicted octanol–water partition coefficient (Wildman–Crippen LogP) is 0.974. The van der Waals surface area contributed by atoms with Gasteiger partial charge in [-0.25, -0.2) is 4.98 Å². The molecule has 0 aliphatic carbocycles. The van der Waals surface area contributed by atoms with Crippen LogP contribution in [0.1, 0.15) is 16.8 Å². The average molecular weight is 341 g/mol. The standard InChI is InChI=1S/C18H19N3O4/c1-24-16-8-13(12-4-2-3-5-14(12)20-16)17(23)21-7-6-18(11-21)10-19-15(22)9-25-18/h2-5,8H,6-7,9-11H2,1H3,(H,19,22). The minimum absolute atomic E-state index is 0.0496. The van der Waals surface area contributed by atoms with E-state index in [-0.39, 0.29) is 18.4 Å². The highest BCUT2D eigenvalue weighted by Gasteiger charge is 2.44. The number of hydrogen-bond acceptors (Lipinski definition) is 5. The quantitative estimate of drug-likeness (QED) is 0.880. The van der Waals surface area contributed by atoms with Crippen LogP contribution in [0.15, 0.2) is 30.3 Å². The smallest absolute Gasteiger partial charge is 0.254 e. The van der Waals surface area contributed by atoms with Crippen molar-refractivity contribution in [2.24, 2.45) is 0 Å². The Hall–Kier alpha value is -2.67. The normalized spacial score (nSPS) is 23.1. The number of amides is 2. The second-order valence-corrected chi connectivity index (χ2v) is 6.45. The lowest BCUT2D eigenvalue weighted by Gasteiger charge is -2.33. The van der Waals surface area contributed by atoms with Crippen LogP contribution in [-0.4, -0.2) is 60.7 Å². The molecule has 1 N–H and O–H groups in total. The minimum atomic E-state index is -0.476. The molecule has 0 radical (unpaired) electrons. The lowest BCUT2D eigenvalue weighted by Crippen LogP contribution is -2.54. The van der Waals surface area contributed by atoms with Gasteiger partial charge in [0.05, 0.1) is 24.7 Å². The second kappa shape index (κ2) is 6.00. The van der Waals surface area contributed by atoms with Crippen LogP contribution in [0.4, 0.5) is 0 Å². The van der Waals surface area contributed by atoms with Crippen molar-refractivity contribution in [3.05, 3.63) is 35.9 Å². The Kier molecular flexibility index (Phi) is 3.80. The summed E-state index contributed by atoms with van der Waals surface area (Å²) in [6.45, 7) is 1.54. The van der Waals surface area contributed by atoms with Gasteiger partial charge in [-0.15, -0.1) is 0 Å². The largest absolute Gasteiger partial charge is 0.481 e. The highest BCUT2D eigenvalue weighted by Crippen LogP contribution is 2.30. The van der Waals surface area contributed by atoms with Crippen LogP contribution >= 0.6 is 0 Å².